The molecular formula is C19H38O4. The Morgan fingerprint density at radius 3 is 2.13 bits per heavy atom. The van der Waals surface area contributed by atoms with E-state index in [1.165, 1.54) is 19.3 Å². The van der Waals surface area contributed by atoms with Crippen LogP contribution < -0.4 is 0 Å². The van der Waals surface area contributed by atoms with Crippen LogP contribution in [0.3, 0.4) is 0 Å². The number of hydrogen-bond acceptors (Lipinski definition) is 4. The highest BCUT2D eigenvalue weighted by Gasteiger charge is 2.03. The molecule has 0 aromatic carbocycles. The first-order valence-electron chi connectivity index (χ1n) is 9.33. The summed E-state index contributed by atoms with van der Waals surface area (Å²) in [7, 11) is 0. The second-order valence-corrected chi connectivity index (χ2v) is 7.00. The van der Waals surface area contributed by atoms with Crippen LogP contribution in [0.5, 0.6) is 0 Å². The molecule has 0 radical (unpaired) electrons. The SMILES string of the molecule is CC(C)CCCCCCOC(=O)CCCOCCOCC(C)C. The lowest BCUT2D eigenvalue weighted by atomic mass is 10.0. The average Bonchev–Trinajstić information content (AvgIpc) is 2.48. The molecule has 138 valence electrons. The van der Waals surface area contributed by atoms with E-state index in [9.17, 15) is 4.79 Å². The minimum absolute atomic E-state index is 0.105. The van der Waals surface area contributed by atoms with E-state index in [1.54, 1.807) is 0 Å². The Bertz CT molecular complexity index is 264. The van der Waals surface area contributed by atoms with Crippen LogP contribution in [0.25, 0.3) is 0 Å². The summed E-state index contributed by atoms with van der Waals surface area (Å²) in [6.45, 7) is 11.9. The largest absolute Gasteiger partial charge is 0.466 e. The van der Waals surface area contributed by atoms with Crippen LogP contribution in [-0.4, -0.2) is 39.0 Å². The van der Waals surface area contributed by atoms with Gasteiger partial charge in [0.15, 0.2) is 0 Å². The molecule has 0 saturated heterocycles. The van der Waals surface area contributed by atoms with E-state index >= 15 is 0 Å². The maximum Gasteiger partial charge on any atom is 0.305 e. The molecule has 0 aromatic heterocycles. The predicted octanol–water partition coefficient (Wildman–Crippen LogP) is 4.61. The van der Waals surface area contributed by atoms with Crippen LogP contribution in [0.4, 0.5) is 0 Å². The molecule has 0 saturated carbocycles. The van der Waals surface area contributed by atoms with Crippen molar-refractivity contribution in [3.05, 3.63) is 0 Å². The van der Waals surface area contributed by atoms with Crippen LogP contribution in [0, 0.1) is 11.8 Å². The fourth-order valence-corrected chi connectivity index (χ4v) is 2.12. The summed E-state index contributed by atoms with van der Waals surface area (Å²) in [6, 6.07) is 0. The number of rotatable bonds is 16. The molecule has 0 aliphatic heterocycles. The molecule has 0 bridgehead atoms. The fourth-order valence-electron chi connectivity index (χ4n) is 2.12. The van der Waals surface area contributed by atoms with Crippen LogP contribution in [0.15, 0.2) is 0 Å². The molecule has 0 rings (SSSR count). The highest BCUT2D eigenvalue weighted by atomic mass is 16.5. The van der Waals surface area contributed by atoms with Crippen molar-refractivity contribution in [2.24, 2.45) is 11.8 Å². The Morgan fingerprint density at radius 2 is 1.43 bits per heavy atom. The number of carbonyl (C=O) groups excluding carboxylic acids is 1. The molecule has 0 unspecified atom stereocenters. The van der Waals surface area contributed by atoms with E-state index < -0.39 is 0 Å². The summed E-state index contributed by atoms with van der Waals surface area (Å²) < 4.78 is 16.1. The molecular weight excluding hydrogens is 292 g/mol. The second kappa shape index (κ2) is 16.3. The molecule has 0 amide bonds. The maximum absolute atomic E-state index is 11.5. The van der Waals surface area contributed by atoms with Gasteiger partial charge in [-0.05, 0) is 24.7 Å². The minimum atomic E-state index is -0.105. The molecule has 0 atom stereocenters. The second-order valence-electron chi connectivity index (χ2n) is 7.00. The Hall–Kier alpha value is -0.610. The molecule has 0 fully saturated rings. The van der Waals surface area contributed by atoms with Crippen molar-refractivity contribution in [1.82, 2.24) is 0 Å². The van der Waals surface area contributed by atoms with Gasteiger partial charge in [-0.1, -0.05) is 53.4 Å². The third-order valence-electron chi connectivity index (χ3n) is 3.43. The van der Waals surface area contributed by atoms with Gasteiger partial charge < -0.3 is 14.2 Å². The van der Waals surface area contributed by atoms with Crippen LogP contribution >= 0.6 is 0 Å². The average molecular weight is 331 g/mol. The van der Waals surface area contributed by atoms with E-state index in [-0.39, 0.29) is 5.97 Å². The Labute approximate surface area is 143 Å². The molecule has 0 N–H and O–H groups in total. The number of esters is 1. The molecule has 4 heteroatoms. The summed E-state index contributed by atoms with van der Waals surface area (Å²) in [4.78, 5) is 11.5. The maximum atomic E-state index is 11.5. The Morgan fingerprint density at radius 1 is 0.739 bits per heavy atom. The van der Waals surface area contributed by atoms with Gasteiger partial charge in [-0.3, -0.25) is 4.79 Å². The van der Waals surface area contributed by atoms with E-state index in [0.717, 1.165) is 31.8 Å². The summed E-state index contributed by atoms with van der Waals surface area (Å²) in [5.74, 6) is 1.24. The van der Waals surface area contributed by atoms with Gasteiger partial charge in [-0.25, -0.2) is 0 Å². The lowest BCUT2D eigenvalue weighted by Gasteiger charge is -2.08. The number of unbranched alkanes of at least 4 members (excludes halogenated alkanes) is 3. The first-order chi connectivity index (χ1) is 11.0. The van der Waals surface area contributed by atoms with Crippen molar-refractivity contribution in [2.45, 2.75) is 72.6 Å². The van der Waals surface area contributed by atoms with Crippen LogP contribution in [0.1, 0.15) is 72.6 Å². The lowest BCUT2D eigenvalue weighted by Crippen LogP contribution is -2.10. The van der Waals surface area contributed by atoms with E-state index in [2.05, 4.69) is 27.7 Å². The Kier molecular flexibility index (Phi) is 15.8. The molecule has 0 heterocycles. The summed E-state index contributed by atoms with van der Waals surface area (Å²) in [5.41, 5.74) is 0. The predicted molar refractivity (Wildman–Crippen MR) is 94.6 cm³/mol. The summed E-state index contributed by atoms with van der Waals surface area (Å²) in [6.07, 6.45) is 7.11. The van der Waals surface area contributed by atoms with Crippen molar-refractivity contribution in [3.63, 3.8) is 0 Å². The molecule has 0 aliphatic carbocycles. The molecule has 0 aromatic rings. The quantitative estimate of drug-likeness (QED) is 0.306. The molecule has 0 spiro atoms. The highest BCUT2D eigenvalue weighted by Crippen LogP contribution is 2.09. The van der Waals surface area contributed by atoms with Gasteiger partial charge in [0.1, 0.15) is 0 Å². The number of hydrogen-bond donors (Lipinski definition) is 0. The third kappa shape index (κ3) is 19.3. The summed E-state index contributed by atoms with van der Waals surface area (Å²) in [5, 5.41) is 0. The molecule has 23 heavy (non-hydrogen) atoms. The smallest absolute Gasteiger partial charge is 0.305 e. The third-order valence-corrected chi connectivity index (χ3v) is 3.43. The number of ether oxygens (including phenoxy) is 3. The first-order valence-corrected chi connectivity index (χ1v) is 9.33. The van der Waals surface area contributed by atoms with E-state index in [4.69, 9.17) is 14.2 Å². The monoisotopic (exact) mass is 330 g/mol. The van der Waals surface area contributed by atoms with Gasteiger partial charge in [-0.2, -0.15) is 0 Å². The molecule has 4 nitrogen and oxygen atoms in total. The minimum Gasteiger partial charge on any atom is -0.466 e. The lowest BCUT2D eigenvalue weighted by molar-refractivity contribution is -0.144. The topological polar surface area (TPSA) is 44.8 Å². The van der Waals surface area contributed by atoms with E-state index in [0.29, 0.717) is 38.8 Å². The highest BCUT2D eigenvalue weighted by molar-refractivity contribution is 5.69. The van der Waals surface area contributed by atoms with Gasteiger partial charge in [0.2, 0.25) is 0 Å². The van der Waals surface area contributed by atoms with Crippen molar-refractivity contribution in [3.8, 4) is 0 Å². The zero-order valence-corrected chi connectivity index (χ0v) is 15.8. The van der Waals surface area contributed by atoms with Gasteiger partial charge in [0, 0.05) is 19.6 Å². The zero-order valence-electron chi connectivity index (χ0n) is 15.8. The van der Waals surface area contributed by atoms with Gasteiger partial charge in [-0.15, -0.1) is 0 Å². The van der Waals surface area contributed by atoms with Crippen molar-refractivity contribution < 1.29 is 19.0 Å². The Balaban J connectivity index is 3.19. The fraction of sp³-hybridized carbons (Fsp3) is 0.947. The van der Waals surface area contributed by atoms with Crippen molar-refractivity contribution >= 4 is 5.97 Å². The van der Waals surface area contributed by atoms with Gasteiger partial charge in [0.25, 0.3) is 0 Å². The van der Waals surface area contributed by atoms with Crippen molar-refractivity contribution in [2.75, 3.05) is 33.0 Å². The molecule has 0 aliphatic rings. The van der Waals surface area contributed by atoms with Gasteiger partial charge >= 0.3 is 5.97 Å². The van der Waals surface area contributed by atoms with Crippen LogP contribution in [0.2, 0.25) is 0 Å². The van der Waals surface area contributed by atoms with Gasteiger partial charge in [0.05, 0.1) is 19.8 Å². The normalized spacial score (nSPS) is 11.4. The number of carbonyl (C=O) groups is 1. The van der Waals surface area contributed by atoms with Crippen LogP contribution in [-0.2, 0) is 19.0 Å². The first kappa shape index (κ1) is 22.4. The summed E-state index contributed by atoms with van der Waals surface area (Å²) >= 11 is 0. The standard InChI is InChI=1S/C19H38O4/c1-17(2)10-7-5-6-8-13-23-19(20)11-9-12-21-14-15-22-16-18(3)4/h17-18H,5-16H2,1-4H3. The zero-order chi connectivity index (χ0) is 17.3. The van der Waals surface area contributed by atoms with E-state index in [1.807, 2.05) is 0 Å². The van der Waals surface area contributed by atoms with Crippen molar-refractivity contribution in [1.29, 1.82) is 0 Å².